The number of amides is 2. The molecule has 6 rings (SSSR count). The third kappa shape index (κ3) is 6.08. The lowest BCUT2D eigenvalue weighted by Gasteiger charge is -2.53. The van der Waals surface area contributed by atoms with Crippen LogP contribution >= 0.6 is 0 Å². The lowest BCUT2D eigenvalue weighted by Crippen LogP contribution is -2.77. The van der Waals surface area contributed by atoms with Crippen molar-refractivity contribution >= 4 is 23.2 Å². The zero-order valence-corrected chi connectivity index (χ0v) is 25.5. The van der Waals surface area contributed by atoms with Crippen LogP contribution in [0.2, 0.25) is 0 Å². The lowest BCUT2D eigenvalue weighted by molar-refractivity contribution is -0.164. The largest absolute Gasteiger partial charge is 0.497 e. The van der Waals surface area contributed by atoms with E-state index in [9.17, 15) is 19.8 Å². The molecule has 2 heterocycles. The van der Waals surface area contributed by atoms with E-state index in [-0.39, 0.29) is 25.0 Å². The predicted octanol–water partition coefficient (Wildman–Crippen LogP) is 3.73. The molecule has 2 N–H and O–H groups in total. The van der Waals surface area contributed by atoms with Crippen molar-refractivity contribution in [2.75, 3.05) is 24.0 Å². The summed E-state index contributed by atoms with van der Waals surface area (Å²) >= 11 is 0. The molecule has 0 spiro atoms. The number of methoxy groups -OCH3 is 2. The first-order chi connectivity index (χ1) is 22.4. The maximum absolute atomic E-state index is 13.5. The number of aliphatic hydroxyl groups is 2. The fourth-order valence-corrected chi connectivity index (χ4v) is 5.98. The summed E-state index contributed by atoms with van der Waals surface area (Å²) < 4.78 is 22.7. The number of aliphatic hydroxyl groups excluding tert-OH is 2. The molecule has 0 bridgehead atoms. The molecule has 6 atom stereocenters. The van der Waals surface area contributed by atoms with Crippen LogP contribution in [-0.4, -0.2) is 72.7 Å². The average Bonchev–Trinajstić information content (AvgIpc) is 3.10. The quantitative estimate of drug-likeness (QED) is 0.216. The van der Waals surface area contributed by atoms with Gasteiger partial charge in [0.25, 0.3) is 11.8 Å². The van der Waals surface area contributed by atoms with Crippen LogP contribution in [0.3, 0.4) is 0 Å². The summed E-state index contributed by atoms with van der Waals surface area (Å²) in [5.74, 6) is 0.497. The van der Waals surface area contributed by atoms with Gasteiger partial charge in [0.1, 0.15) is 35.8 Å². The first kappa shape index (κ1) is 31.3. The number of nitrogens with zero attached hydrogens (tertiary/aromatic N) is 2. The second-order valence-corrected chi connectivity index (χ2v) is 11.2. The maximum atomic E-state index is 13.5. The van der Waals surface area contributed by atoms with Gasteiger partial charge >= 0.3 is 0 Å². The van der Waals surface area contributed by atoms with Crippen molar-refractivity contribution in [3.8, 4) is 11.5 Å². The van der Waals surface area contributed by atoms with Crippen LogP contribution in [0.25, 0.3) is 0 Å². The fraction of sp³-hybridized carbons (Fsp3) is 0.278. The smallest absolute Gasteiger partial charge is 0.258 e. The number of rotatable bonds is 13. The highest BCUT2D eigenvalue weighted by Crippen LogP contribution is 2.39. The van der Waals surface area contributed by atoms with E-state index in [0.29, 0.717) is 22.9 Å². The molecule has 4 aromatic carbocycles. The summed E-state index contributed by atoms with van der Waals surface area (Å²) in [4.78, 5) is 29.9. The van der Waals surface area contributed by atoms with Crippen molar-refractivity contribution in [1.82, 2.24) is 0 Å². The SMILES string of the molecule is COc1ccc(N2C(=O)[C@H](OCc3ccccc3)[C@@H]2[C@H](O)[C@@H](O)[C@H]2[C@@H](OCc3ccccc3)C(=O)N2c2ccc(OC)cc2)cc1. The predicted molar refractivity (Wildman–Crippen MR) is 171 cm³/mol. The van der Waals surface area contributed by atoms with Gasteiger partial charge in [0, 0.05) is 11.4 Å². The number of hydrogen-bond acceptors (Lipinski definition) is 8. The van der Waals surface area contributed by atoms with E-state index in [0.717, 1.165) is 11.1 Å². The number of ether oxygens (including phenoxy) is 4. The Hall–Kier alpha value is -4.74. The van der Waals surface area contributed by atoms with Gasteiger partial charge in [-0.05, 0) is 59.7 Å². The molecule has 2 amide bonds. The number of anilines is 2. The Labute approximate surface area is 267 Å². The van der Waals surface area contributed by atoms with Crippen LogP contribution in [0.1, 0.15) is 11.1 Å². The van der Waals surface area contributed by atoms with E-state index in [1.165, 1.54) is 9.80 Å². The Kier molecular flexibility index (Phi) is 9.32. The maximum Gasteiger partial charge on any atom is 0.258 e. The Morgan fingerprint density at radius 3 is 1.24 bits per heavy atom. The minimum absolute atomic E-state index is 0.135. The van der Waals surface area contributed by atoms with Crippen LogP contribution in [0, 0.1) is 0 Å². The van der Waals surface area contributed by atoms with Gasteiger partial charge in [0.15, 0.2) is 12.2 Å². The molecule has 0 aromatic heterocycles. The first-order valence-corrected chi connectivity index (χ1v) is 15.0. The van der Waals surface area contributed by atoms with E-state index < -0.39 is 36.5 Å². The van der Waals surface area contributed by atoms with E-state index in [2.05, 4.69) is 0 Å². The standard InChI is InChI=1S/C36H36N2O8/c1-43-27-17-13-25(14-18-27)37-29(33(35(37)41)45-21-23-9-5-3-6-10-23)31(39)32(40)30-34(46-22-24-11-7-4-8-12-24)36(42)38(30)26-15-19-28(44-2)20-16-26/h3-20,29-34,39-40H,21-22H2,1-2H3/t29-,30-,31-,32-,33+,34+/m0/s1. The summed E-state index contributed by atoms with van der Waals surface area (Å²) in [6.45, 7) is 0.269. The number of β-lactam (4-membered cyclic amide) rings is 2. The molecule has 0 unspecified atom stereocenters. The van der Waals surface area contributed by atoms with E-state index >= 15 is 0 Å². The Balaban J connectivity index is 1.29. The minimum Gasteiger partial charge on any atom is -0.497 e. The molecule has 4 aromatic rings. The summed E-state index contributed by atoms with van der Waals surface area (Å²) in [5.41, 5.74) is 2.73. The Morgan fingerprint density at radius 1 is 0.565 bits per heavy atom. The molecule has 2 aliphatic rings. The van der Waals surface area contributed by atoms with Crippen LogP contribution in [0.5, 0.6) is 11.5 Å². The summed E-state index contributed by atoms with van der Waals surface area (Å²) in [6.07, 6.45) is -5.11. The van der Waals surface area contributed by atoms with Crippen LogP contribution in [0.15, 0.2) is 109 Å². The molecule has 2 saturated heterocycles. The molecule has 0 aliphatic carbocycles. The number of benzene rings is 4. The van der Waals surface area contributed by atoms with Crippen molar-refractivity contribution in [2.24, 2.45) is 0 Å². The summed E-state index contributed by atoms with van der Waals surface area (Å²) in [5, 5.41) is 23.7. The van der Waals surface area contributed by atoms with Gasteiger partial charge < -0.3 is 39.0 Å². The normalized spacial score (nSPS) is 22.1. The highest BCUT2D eigenvalue weighted by molar-refractivity contribution is 6.06. The minimum atomic E-state index is -1.51. The highest BCUT2D eigenvalue weighted by atomic mass is 16.5. The van der Waals surface area contributed by atoms with Crippen molar-refractivity contribution in [3.05, 3.63) is 120 Å². The monoisotopic (exact) mass is 624 g/mol. The van der Waals surface area contributed by atoms with Gasteiger partial charge in [-0.25, -0.2) is 0 Å². The molecule has 2 aliphatic heterocycles. The molecular weight excluding hydrogens is 588 g/mol. The second kappa shape index (κ2) is 13.7. The van der Waals surface area contributed by atoms with Crippen molar-refractivity contribution in [3.63, 3.8) is 0 Å². The van der Waals surface area contributed by atoms with Crippen molar-refractivity contribution < 1.29 is 38.7 Å². The van der Waals surface area contributed by atoms with Gasteiger partial charge in [-0.3, -0.25) is 9.59 Å². The molecule has 10 nitrogen and oxygen atoms in total. The van der Waals surface area contributed by atoms with Gasteiger partial charge in [-0.15, -0.1) is 0 Å². The zero-order chi connectivity index (χ0) is 32.2. The molecule has 0 saturated carbocycles. The van der Waals surface area contributed by atoms with E-state index in [4.69, 9.17) is 18.9 Å². The number of carbonyl (C=O) groups is 2. The van der Waals surface area contributed by atoms with Crippen LogP contribution in [-0.2, 0) is 32.3 Å². The molecular formula is C36H36N2O8. The van der Waals surface area contributed by atoms with Gasteiger partial charge in [-0.1, -0.05) is 60.7 Å². The molecule has 10 heteroatoms. The summed E-state index contributed by atoms with van der Waals surface area (Å²) in [7, 11) is 3.09. The third-order valence-corrected chi connectivity index (χ3v) is 8.47. The van der Waals surface area contributed by atoms with Gasteiger partial charge in [0.05, 0.1) is 27.4 Å². The van der Waals surface area contributed by atoms with Gasteiger partial charge in [0.2, 0.25) is 0 Å². The molecule has 0 radical (unpaired) electrons. The van der Waals surface area contributed by atoms with Crippen LogP contribution < -0.4 is 19.3 Å². The molecule has 2 fully saturated rings. The highest BCUT2D eigenvalue weighted by Gasteiger charge is 2.60. The average molecular weight is 625 g/mol. The lowest BCUT2D eigenvalue weighted by atomic mass is 9.81. The molecule has 238 valence electrons. The molecule has 46 heavy (non-hydrogen) atoms. The van der Waals surface area contributed by atoms with Crippen LogP contribution in [0.4, 0.5) is 11.4 Å². The third-order valence-electron chi connectivity index (χ3n) is 8.47. The van der Waals surface area contributed by atoms with Gasteiger partial charge in [-0.2, -0.15) is 0 Å². The Bertz CT molecular complexity index is 1490. The number of carbonyl (C=O) groups excluding carboxylic acids is 2. The first-order valence-electron chi connectivity index (χ1n) is 15.0. The Morgan fingerprint density at radius 2 is 0.913 bits per heavy atom. The van der Waals surface area contributed by atoms with Crippen molar-refractivity contribution in [2.45, 2.75) is 49.7 Å². The number of hydrogen-bond donors (Lipinski definition) is 2. The van der Waals surface area contributed by atoms with E-state index in [1.807, 2.05) is 60.7 Å². The van der Waals surface area contributed by atoms with Crippen molar-refractivity contribution in [1.29, 1.82) is 0 Å². The summed E-state index contributed by atoms with van der Waals surface area (Å²) in [6, 6.07) is 30.6. The fourth-order valence-electron chi connectivity index (χ4n) is 5.98. The topological polar surface area (TPSA) is 118 Å². The van der Waals surface area contributed by atoms with E-state index in [1.54, 1.807) is 62.8 Å². The second-order valence-electron chi connectivity index (χ2n) is 11.2. The zero-order valence-electron chi connectivity index (χ0n) is 25.5.